The summed E-state index contributed by atoms with van der Waals surface area (Å²) in [5.74, 6) is 0.275. The molecule has 0 aliphatic rings. The molecule has 3 rings (SSSR count). The second kappa shape index (κ2) is 4.63. The van der Waals surface area contributed by atoms with E-state index < -0.39 is 0 Å². The Labute approximate surface area is 108 Å². The van der Waals surface area contributed by atoms with Crippen LogP contribution in [0.1, 0.15) is 10.4 Å². The van der Waals surface area contributed by atoms with E-state index in [4.69, 9.17) is 4.74 Å². The molecule has 3 heteroatoms. The van der Waals surface area contributed by atoms with Crippen LogP contribution in [0, 0.1) is 0 Å². The Kier molecular flexibility index (Phi) is 2.82. The number of rotatable bonds is 2. The van der Waals surface area contributed by atoms with Crippen molar-refractivity contribution in [2.24, 2.45) is 0 Å². The van der Waals surface area contributed by atoms with E-state index in [-0.39, 0.29) is 5.97 Å². The van der Waals surface area contributed by atoms with Crippen molar-refractivity contribution >= 4 is 28.1 Å². The summed E-state index contributed by atoms with van der Waals surface area (Å²) in [5.41, 5.74) is 0.569. The summed E-state index contributed by atoms with van der Waals surface area (Å²) >= 11 is 1.50. The lowest BCUT2D eigenvalue weighted by Gasteiger charge is -2.03. The summed E-state index contributed by atoms with van der Waals surface area (Å²) in [6.07, 6.45) is 0. The van der Waals surface area contributed by atoms with E-state index in [1.807, 2.05) is 41.8 Å². The Morgan fingerprint density at radius 3 is 2.61 bits per heavy atom. The number of ether oxygens (including phenoxy) is 1. The molecule has 0 unspecified atom stereocenters. The van der Waals surface area contributed by atoms with Crippen molar-refractivity contribution in [2.75, 3.05) is 0 Å². The number of fused-ring (bicyclic) bond motifs is 1. The molecule has 0 amide bonds. The van der Waals surface area contributed by atoms with Crippen LogP contribution in [0.25, 0.3) is 10.8 Å². The van der Waals surface area contributed by atoms with Gasteiger partial charge in [-0.1, -0.05) is 30.3 Å². The van der Waals surface area contributed by atoms with Gasteiger partial charge in [-0.05, 0) is 34.4 Å². The number of esters is 1. The van der Waals surface area contributed by atoms with E-state index in [2.05, 4.69) is 0 Å². The first-order valence-corrected chi connectivity index (χ1v) is 6.50. The van der Waals surface area contributed by atoms with E-state index in [0.29, 0.717) is 11.3 Å². The summed E-state index contributed by atoms with van der Waals surface area (Å²) in [7, 11) is 0. The smallest absolute Gasteiger partial charge is 0.343 e. The first-order chi connectivity index (χ1) is 8.83. The normalized spacial score (nSPS) is 10.4. The molecule has 3 aromatic rings. The van der Waals surface area contributed by atoms with Gasteiger partial charge in [0.2, 0.25) is 0 Å². The summed E-state index contributed by atoms with van der Waals surface area (Å²) in [6, 6.07) is 15.3. The third kappa shape index (κ3) is 2.13. The molecule has 0 aliphatic heterocycles. The van der Waals surface area contributed by atoms with Crippen LogP contribution < -0.4 is 4.74 Å². The first-order valence-electron chi connectivity index (χ1n) is 5.56. The van der Waals surface area contributed by atoms with Gasteiger partial charge in [0.05, 0.1) is 5.56 Å². The van der Waals surface area contributed by atoms with E-state index in [0.717, 1.165) is 10.8 Å². The second-order valence-electron chi connectivity index (χ2n) is 3.91. The average molecular weight is 254 g/mol. The van der Waals surface area contributed by atoms with Gasteiger partial charge in [-0.2, -0.15) is 0 Å². The van der Waals surface area contributed by atoms with Crippen molar-refractivity contribution in [3.8, 4) is 5.75 Å². The number of thiophene rings is 1. The van der Waals surface area contributed by atoms with E-state index in [9.17, 15) is 4.79 Å². The van der Waals surface area contributed by atoms with Crippen molar-refractivity contribution in [1.82, 2.24) is 0 Å². The Bertz CT molecular complexity index is 687. The van der Waals surface area contributed by atoms with Gasteiger partial charge in [0.1, 0.15) is 5.75 Å². The Morgan fingerprint density at radius 1 is 1.00 bits per heavy atom. The van der Waals surface area contributed by atoms with Gasteiger partial charge < -0.3 is 4.74 Å². The predicted molar refractivity (Wildman–Crippen MR) is 73.2 cm³/mol. The van der Waals surface area contributed by atoms with Crippen LogP contribution in [0.3, 0.4) is 0 Å². The molecule has 2 aromatic carbocycles. The minimum Gasteiger partial charge on any atom is -0.422 e. The largest absolute Gasteiger partial charge is 0.422 e. The highest BCUT2D eigenvalue weighted by Gasteiger charge is 2.09. The lowest BCUT2D eigenvalue weighted by Crippen LogP contribution is -2.07. The van der Waals surface area contributed by atoms with Crippen LogP contribution in [-0.2, 0) is 0 Å². The highest BCUT2D eigenvalue weighted by molar-refractivity contribution is 7.08. The highest BCUT2D eigenvalue weighted by Crippen LogP contribution is 2.19. The molecule has 0 spiro atoms. The van der Waals surface area contributed by atoms with Crippen molar-refractivity contribution in [3.05, 3.63) is 64.9 Å². The van der Waals surface area contributed by atoms with Gasteiger partial charge in [0.25, 0.3) is 0 Å². The summed E-state index contributed by atoms with van der Waals surface area (Å²) in [5, 5.41) is 5.84. The summed E-state index contributed by atoms with van der Waals surface area (Å²) in [4.78, 5) is 11.9. The van der Waals surface area contributed by atoms with Crippen molar-refractivity contribution in [2.45, 2.75) is 0 Å². The predicted octanol–water partition coefficient (Wildman–Crippen LogP) is 4.12. The van der Waals surface area contributed by atoms with E-state index >= 15 is 0 Å². The van der Waals surface area contributed by atoms with Gasteiger partial charge in [0, 0.05) is 5.38 Å². The van der Waals surface area contributed by atoms with Crippen molar-refractivity contribution < 1.29 is 9.53 Å². The van der Waals surface area contributed by atoms with Crippen LogP contribution in [0.2, 0.25) is 0 Å². The fraction of sp³-hybridized carbons (Fsp3) is 0. The molecule has 0 fully saturated rings. The monoisotopic (exact) mass is 254 g/mol. The molecule has 2 nitrogen and oxygen atoms in total. The second-order valence-corrected chi connectivity index (χ2v) is 4.69. The fourth-order valence-corrected chi connectivity index (χ4v) is 2.34. The lowest BCUT2D eigenvalue weighted by molar-refractivity contribution is 0.0735. The fourth-order valence-electron chi connectivity index (χ4n) is 1.79. The van der Waals surface area contributed by atoms with Crippen molar-refractivity contribution in [1.29, 1.82) is 0 Å². The number of hydrogen-bond acceptors (Lipinski definition) is 3. The molecule has 0 radical (unpaired) electrons. The van der Waals surface area contributed by atoms with Gasteiger partial charge in [-0.15, -0.1) is 11.3 Å². The zero-order chi connectivity index (χ0) is 12.4. The van der Waals surface area contributed by atoms with Crippen LogP contribution in [0.4, 0.5) is 0 Å². The number of hydrogen-bond donors (Lipinski definition) is 0. The number of carbonyl (C=O) groups excluding carboxylic acids is 1. The average Bonchev–Trinajstić information content (AvgIpc) is 2.91. The maximum Gasteiger partial charge on any atom is 0.343 e. The maximum absolute atomic E-state index is 11.9. The standard InChI is InChI=1S/C15H10O2S/c16-15(17-14-7-8-18-10-14)13-6-5-11-3-1-2-4-12(11)9-13/h1-10H. The van der Waals surface area contributed by atoms with Gasteiger partial charge >= 0.3 is 5.97 Å². The van der Waals surface area contributed by atoms with E-state index in [1.54, 1.807) is 17.5 Å². The number of benzene rings is 2. The Morgan fingerprint density at radius 2 is 1.83 bits per heavy atom. The minimum atomic E-state index is -0.320. The van der Waals surface area contributed by atoms with Gasteiger partial charge in [-0.25, -0.2) is 4.79 Å². The Balaban J connectivity index is 1.92. The molecule has 18 heavy (non-hydrogen) atoms. The van der Waals surface area contributed by atoms with Crippen LogP contribution in [0.15, 0.2) is 59.3 Å². The Hall–Kier alpha value is -2.13. The van der Waals surface area contributed by atoms with Crippen LogP contribution in [0.5, 0.6) is 5.75 Å². The quantitative estimate of drug-likeness (QED) is 0.643. The highest BCUT2D eigenvalue weighted by atomic mass is 32.1. The minimum absolute atomic E-state index is 0.320. The molecule has 0 saturated carbocycles. The molecule has 0 aliphatic carbocycles. The zero-order valence-electron chi connectivity index (χ0n) is 9.50. The van der Waals surface area contributed by atoms with E-state index in [1.165, 1.54) is 11.3 Å². The van der Waals surface area contributed by atoms with Gasteiger partial charge in [-0.3, -0.25) is 0 Å². The molecule has 0 N–H and O–H groups in total. The summed E-state index contributed by atoms with van der Waals surface area (Å²) in [6.45, 7) is 0. The molecule has 1 heterocycles. The van der Waals surface area contributed by atoms with Crippen molar-refractivity contribution in [3.63, 3.8) is 0 Å². The maximum atomic E-state index is 11.9. The molecule has 0 saturated heterocycles. The topological polar surface area (TPSA) is 26.3 Å². The van der Waals surface area contributed by atoms with Crippen LogP contribution in [-0.4, -0.2) is 5.97 Å². The third-order valence-corrected chi connectivity index (χ3v) is 3.35. The molecule has 1 aromatic heterocycles. The van der Waals surface area contributed by atoms with Crippen LogP contribution >= 0.6 is 11.3 Å². The third-order valence-electron chi connectivity index (χ3n) is 2.69. The van der Waals surface area contributed by atoms with Gasteiger partial charge in [0.15, 0.2) is 0 Å². The SMILES string of the molecule is O=C(Oc1ccsc1)c1ccc2ccccc2c1. The molecular weight excluding hydrogens is 244 g/mol. The zero-order valence-corrected chi connectivity index (χ0v) is 10.3. The summed E-state index contributed by atoms with van der Waals surface area (Å²) < 4.78 is 5.26. The molecular formula is C15H10O2S. The molecule has 0 atom stereocenters. The lowest BCUT2D eigenvalue weighted by atomic mass is 10.1. The molecule has 88 valence electrons. The number of carbonyl (C=O) groups is 1. The first kappa shape index (κ1) is 11.0. The molecule has 0 bridgehead atoms.